The summed E-state index contributed by atoms with van der Waals surface area (Å²) in [4.78, 5) is 22.3. The second-order valence-corrected chi connectivity index (χ2v) is 11.1. The van der Waals surface area contributed by atoms with E-state index in [9.17, 15) is 10.1 Å². The third-order valence-corrected chi connectivity index (χ3v) is 8.10. The predicted octanol–water partition coefficient (Wildman–Crippen LogP) is 6.74. The van der Waals surface area contributed by atoms with E-state index in [0.29, 0.717) is 41.6 Å². The summed E-state index contributed by atoms with van der Waals surface area (Å²) in [6, 6.07) is 22.0. The number of aromatic nitrogens is 6. The van der Waals surface area contributed by atoms with Crippen molar-refractivity contribution in [3.05, 3.63) is 77.9 Å². The fourth-order valence-electron chi connectivity index (χ4n) is 5.94. The summed E-state index contributed by atoms with van der Waals surface area (Å²) < 4.78 is 19.0. The molecule has 0 bridgehead atoms. The number of hydrogen-bond acceptors (Lipinski definition) is 10. The predicted molar refractivity (Wildman–Crippen MR) is 165 cm³/mol. The lowest BCUT2D eigenvalue weighted by molar-refractivity contribution is -0.299. The normalized spacial score (nSPS) is 15.1. The van der Waals surface area contributed by atoms with Crippen LogP contribution in [0.3, 0.4) is 0 Å². The highest BCUT2D eigenvalue weighted by Crippen LogP contribution is 2.34. The molecule has 1 fully saturated rings. The highest BCUT2D eigenvalue weighted by Gasteiger charge is 2.30. The highest BCUT2D eigenvalue weighted by atomic mass is 17.1. The fourth-order valence-corrected chi connectivity index (χ4v) is 5.94. The van der Waals surface area contributed by atoms with Gasteiger partial charge in [0.15, 0.2) is 6.10 Å². The molecule has 0 aliphatic heterocycles. The van der Waals surface area contributed by atoms with Crippen LogP contribution in [0, 0.1) is 0 Å². The van der Waals surface area contributed by atoms with Gasteiger partial charge in [-0.3, -0.25) is 9.82 Å². The molecule has 45 heavy (non-hydrogen) atoms. The van der Waals surface area contributed by atoms with Crippen molar-refractivity contribution in [3.63, 3.8) is 0 Å². The number of nitrogens with zero attached hydrogens (tertiary/aromatic N) is 5. The van der Waals surface area contributed by atoms with Crippen molar-refractivity contribution >= 4 is 17.2 Å². The third kappa shape index (κ3) is 6.66. The lowest BCUT2D eigenvalue weighted by Crippen LogP contribution is -2.28. The van der Waals surface area contributed by atoms with Gasteiger partial charge in [-0.15, -0.1) is 10.2 Å². The molecule has 1 aliphatic rings. The van der Waals surface area contributed by atoms with E-state index in [1.807, 2.05) is 78.2 Å². The Kier molecular flexibility index (Phi) is 9.32. The Morgan fingerprint density at radius 3 is 2.51 bits per heavy atom. The van der Waals surface area contributed by atoms with Crippen molar-refractivity contribution in [1.82, 2.24) is 30.2 Å². The molecular weight excluding hydrogens is 576 g/mol. The molecule has 5 aromatic rings. The minimum Gasteiger partial charge on any atom is -0.465 e. The van der Waals surface area contributed by atoms with Gasteiger partial charge in [0, 0.05) is 11.1 Å². The Morgan fingerprint density at radius 1 is 1.02 bits per heavy atom. The molecule has 0 amide bonds. The van der Waals surface area contributed by atoms with Crippen molar-refractivity contribution in [2.75, 3.05) is 6.61 Å². The summed E-state index contributed by atoms with van der Waals surface area (Å²) in [5.41, 5.74) is 5.79. The Morgan fingerprint density at radius 2 is 1.80 bits per heavy atom. The van der Waals surface area contributed by atoms with Crippen LogP contribution in [0.25, 0.3) is 33.5 Å². The number of fused-ring (bicyclic) bond motifs is 1. The summed E-state index contributed by atoms with van der Waals surface area (Å²) in [5, 5.41) is 24.6. The largest absolute Gasteiger partial charge is 0.508 e. The number of rotatable bonds is 11. The number of tetrazole rings is 1. The molecule has 2 aromatic heterocycles. The first-order valence-corrected chi connectivity index (χ1v) is 15.3. The minimum absolute atomic E-state index is 0.149. The van der Waals surface area contributed by atoms with Crippen molar-refractivity contribution in [2.45, 2.75) is 70.8 Å². The number of benzene rings is 3. The Bertz CT molecular complexity index is 1720. The average Bonchev–Trinajstić information content (AvgIpc) is 3.72. The van der Waals surface area contributed by atoms with Gasteiger partial charge in [-0.05, 0) is 67.5 Å². The summed E-state index contributed by atoms with van der Waals surface area (Å²) in [7, 11) is 0. The summed E-state index contributed by atoms with van der Waals surface area (Å²) in [6.45, 7) is 4.40. The molecule has 2 heterocycles. The molecule has 3 aromatic carbocycles. The fraction of sp³-hybridized carbons (Fsp3) is 0.364. The Labute approximate surface area is 260 Å². The van der Waals surface area contributed by atoms with Gasteiger partial charge >= 0.3 is 6.16 Å². The van der Waals surface area contributed by atoms with Crippen LogP contribution in [0.2, 0.25) is 0 Å². The first kappa shape index (κ1) is 30.2. The zero-order valence-electron chi connectivity index (χ0n) is 25.3. The number of H-pyrrole nitrogens is 1. The van der Waals surface area contributed by atoms with E-state index in [-0.39, 0.29) is 6.10 Å². The molecule has 1 saturated carbocycles. The van der Waals surface area contributed by atoms with Crippen LogP contribution in [0.1, 0.15) is 63.2 Å². The summed E-state index contributed by atoms with van der Waals surface area (Å²) in [6.07, 6.45) is 2.09. The highest BCUT2D eigenvalue weighted by molar-refractivity contribution is 5.82. The molecule has 2 unspecified atom stereocenters. The van der Waals surface area contributed by atoms with Gasteiger partial charge in [-0.2, -0.15) is 10.2 Å². The summed E-state index contributed by atoms with van der Waals surface area (Å²) in [5.74, 6) is 0.523. The molecular formula is C33H36N6O6. The van der Waals surface area contributed by atoms with E-state index < -0.39 is 18.4 Å². The number of carbonyl (C=O) groups is 1. The average molecular weight is 613 g/mol. The first-order chi connectivity index (χ1) is 22.1. The van der Waals surface area contributed by atoms with Crippen LogP contribution in [-0.2, 0) is 20.9 Å². The number of ether oxygens (including phenoxy) is 3. The number of imidazole rings is 1. The molecule has 0 radical (unpaired) electrons. The quantitative estimate of drug-likeness (QED) is 0.0934. The Hall–Kier alpha value is -4.81. The number of nitrogens with one attached hydrogen (secondary N) is 1. The van der Waals surface area contributed by atoms with Gasteiger partial charge in [0.1, 0.15) is 12.2 Å². The molecule has 12 heteroatoms. The second kappa shape index (κ2) is 13.9. The molecule has 2 N–H and O–H groups in total. The zero-order chi connectivity index (χ0) is 31.2. The van der Waals surface area contributed by atoms with Gasteiger partial charge in [-0.25, -0.2) is 9.68 Å². The van der Waals surface area contributed by atoms with Gasteiger partial charge in [0.25, 0.3) is 6.01 Å². The van der Waals surface area contributed by atoms with E-state index >= 15 is 0 Å². The molecule has 0 spiro atoms. The molecule has 12 nitrogen and oxygen atoms in total. The molecule has 1 aliphatic carbocycles. The summed E-state index contributed by atoms with van der Waals surface area (Å²) >= 11 is 0. The van der Waals surface area contributed by atoms with Crippen molar-refractivity contribution in [3.8, 4) is 28.5 Å². The van der Waals surface area contributed by atoms with Crippen LogP contribution in [0.4, 0.5) is 4.79 Å². The molecule has 6 rings (SSSR count). The maximum absolute atomic E-state index is 12.6. The van der Waals surface area contributed by atoms with Gasteiger partial charge in [0.05, 0.1) is 24.2 Å². The number of aromatic amines is 1. The van der Waals surface area contributed by atoms with E-state index in [4.69, 9.17) is 24.1 Å². The molecule has 234 valence electrons. The number of hydrogen-bond donors (Lipinski definition) is 2. The number of carbonyl (C=O) groups excluding carboxylic acids is 1. The third-order valence-electron chi connectivity index (χ3n) is 8.10. The van der Waals surface area contributed by atoms with Gasteiger partial charge in [-0.1, -0.05) is 67.1 Å². The van der Waals surface area contributed by atoms with E-state index in [0.717, 1.165) is 54.4 Å². The Balaban J connectivity index is 1.28. The minimum atomic E-state index is -0.999. The van der Waals surface area contributed by atoms with Crippen LogP contribution < -0.4 is 4.74 Å². The van der Waals surface area contributed by atoms with Crippen molar-refractivity contribution in [2.24, 2.45) is 0 Å². The number of para-hydroxylation sites is 1. The zero-order valence-corrected chi connectivity index (χ0v) is 25.3. The SMILES string of the molecule is CCOc1nc2cccc(C(OO)C(C)OC(=O)OC3CCCCC3)c2n1Cc1ccc(-c2ccccc2-c2nn[nH]n2)cc1. The van der Waals surface area contributed by atoms with E-state index in [2.05, 4.69) is 20.6 Å². The smallest absolute Gasteiger partial charge is 0.465 e. The monoisotopic (exact) mass is 612 g/mol. The van der Waals surface area contributed by atoms with Crippen molar-refractivity contribution < 1.29 is 29.1 Å². The van der Waals surface area contributed by atoms with E-state index in [1.54, 1.807) is 6.92 Å². The maximum atomic E-state index is 12.6. The van der Waals surface area contributed by atoms with Crippen molar-refractivity contribution in [1.29, 1.82) is 0 Å². The topological polar surface area (TPSA) is 146 Å². The lowest BCUT2D eigenvalue weighted by atomic mass is 9.98. The van der Waals surface area contributed by atoms with Gasteiger partial charge in [0.2, 0.25) is 5.82 Å². The standard InChI is InChI=1S/C33H36N6O6/c1-3-42-32-34-28-15-9-14-27(30(45-41)21(2)43-33(40)44-24-10-5-4-6-11-24)29(28)39(32)20-22-16-18-23(19-17-22)25-12-7-8-13-26(25)31-35-37-38-36-31/h7-9,12-19,21,24,30,41H,3-6,10-11,20H2,1-2H3,(H,35,36,37,38). The first-order valence-electron chi connectivity index (χ1n) is 15.3. The van der Waals surface area contributed by atoms with Crippen LogP contribution in [-0.4, -0.2) is 60.4 Å². The molecule has 0 saturated heterocycles. The van der Waals surface area contributed by atoms with Gasteiger partial charge < -0.3 is 14.2 Å². The van der Waals surface area contributed by atoms with Crippen LogP contribution >= 0.6 is 0 Å². The van der Waals surface area contributed by atoms with E-state index in [1.165, 1.54) is 0 Å². The van der Waals surface area contributed by atoms with Crippen LogP contribution in [0.15, 0.2) is 66.7 Å². The molecule has 2 atom stereocenters. The second-order valence-electron chi connectivity index (χ2n) is 11.1. The van der Waals surface area contributed by atoms with Crippen LogP contribution in [0.5, 0.6) is 6.01 Å². The maximum Gasteiger partial charge on any atom is 0.508 e. The lowest BCUT2D eigenvalue weighted by Gasteiger charge is -2.25.